The highest BCUT2D eigenvalue weighted by Gasteiger charge is 2.27. The fourth-order valence-electron chi connectivity index (χ4n) is 0.484. The van der Waals surface area contributed by atoms with Crippen molar-refractivity contribution in [2.75, 3.05) is 6.61 Å². The molecule has 0 heterocycles. The zero-order valence-corrected chi connectivity index (χ0v) is 7.51. The molecule has 0 aromatic rings. The lowest BCUT2D eigenvalue weighted by molar-refractivity contribution is -0.123. The Morgan fingerprint density at radius 1 is 1.50 bits per heavy atom. The van der Waals surface area contributed by atoms with E-state index in [1.807, 2.05) is 0 Å². The van der Waals surface area contributed by atoms with Crippen LogP contribution in [0.15, 0.2) is 0 Å². The molecule has 5 heteroatoms. The summed E-state index contributed by atoms with van der Waals surface area (Å²) in [6, 6.07) is 0. The SMILES string of the molecule is CCOC(=O)NC(C)(C)C(N)=O. The molecule has 0 aromatic heterocycles. The predicted octanol–water partition coefficient (Wildman–Crippen LogP) is -0.00360. The van der Waals surface area contributed by atoms with Crippen LogP contribution in [0, 0.1) is 0 Å². The fraction of sp³-hybridized carbons (Fsp3) is 0.714. The number of amides is 2. The van der Waals surface area contributed by atoms with Crippen LogP contribution in [0.5, 0.6) is 0 Å². The predicted molar refractivity (Wildman–Crippen MR) is 43.4 cm³/mol. The van der Waals surface area contributed by atoms with Gasteiger partial charge in [-0.1, -0.05) is 0 Å². The minimum atomic E-state index is -1.06. The van der Waals surface area contributed by atoms with Gasteiger partial charge in [-0.2, -0.15) is 0 Å². The Balaban J connectivity index is 4.06. The Labute approximate surface area is 71.3 Å². The molecule has 0 radical (unpaired) electrons. The molecular weight excluding hydrogens is 160 g/mol. The van der Waals surface area contributed by atoms with Crippen LogP contribution in [0.4, 0.5) is 4.79 Å². The van der Waals surface area contributed by atoms with Crippen molar-refractivity contribution in [1.82, 2.24) is 5.32 Å². The number of nitrogens with two attached hydrogens (primary N) is 1. The third-order valence-electron chi connectivity index (χ3n) is 1.31. The standard InChI is InChI=1S/C7H14N2O3/c1-4-12-6(11)9-7(2,3)5(8)10/h4H2,1-3H3,(H2,8,10)(H,9,11). The Bertz CT molecular complexity index is 189. The summed E-state index contributed by atoms with van der Waals surface area (Å²) in [5.74, 6) is -0.601. The third kappa shape index (κ3) is 3.23. The van der Waals surface area contributed by atoms with Gasteiger partial charge < -0.3 is 15.8 Å². The fourth-order valence-corrected chi connectivity index (χ4v) is 0.484. The van der Waals surface area contributed by atoms with Gasteiger partial charge in [-0.15, -0.1) is 0 Å². The van der Waals surface area contributed by atoms with Gasteiger partial charge in [0.1, 0.15) is 5.54 Å². The summed E-state index contributed by atoms with van der Waals surface area (Å²) < 4.78 is 4.57. The van der Waals surface area contributed by atoms with Crippen molar-refractivity contribution < 1.29 is 14.3 Å². The smallest absolute Gasteiger partial charge is 0.407 e. The van der Waals surface area contributed by atoms with Crippen LogP contribution in [0.2, 0.25) is 0 Å². The number of hydrogen-bond donors (Lipinski definition) is 2. The minimum Gasteiger partial charge on any atom is -0.450 e. The summed E-state index contributed by atoms with van der Waals surface area (Å²) in [5.41, 5.74) is 3.94. The van der Waals surface area contributed by atoms with Crippen molar-refractivity contribution in [3.63, 3.8) is 0 Å². The van der Waals surface area contributed by atoms with Crippen molar-refractivity contribution in [3.8, 4) is 0 Å². The summed E-state index contributed by atoms with van der Waals surface area (Å²) in [7, 11) is 0. The van der Waals surface area contributed by atoms with Gasteiger partial charge in [0.15, 0.2) is 0 Å². The summed E-state index contributed by atoms with van der Waals surface area (Å²) in [4.78, 5) is 21.5. The molecule has 5 nitrogen and oxygen atoms in total. The lowest BCUT2D eigenvalue weighted by atomic mass is 10.1. The zero-order valence-electron chi connectivity index (χ0n) is 7.51. The number of hydrogen-bond acceptors (Lipinski definition) is 3. The van der Waals surface area contributed by atoms with Crippen molar-refractivity contribution in [1.29, 1.82) is 0 Å². The molecule has 2 amide bonds. The molecule has 3 N–H and O–H groups in total. The molecule has 0 atom stereocenters. The Morgan fingerprint density at radius 2 is 2.00 bits per heavy atom. The second-order valence-electron chi connectivity index (χ2n) is 2.83. The molecule has 0 rings (SSSR count). The molecule has 12 heavy (non-hydrogen) atoms. The van der Waals surface area contributed by atoms with E-state index in [-0.39, 0.29) is 6.61 Å². The van der Waals surface area contributed by atoms with E-state index in [1.165, 1.54) is 13.8 Å². The maximum absolute atomic E-state index is 10.8. The molecule has 0 aliphatic carbocycles. The van der Waals surface area contributed by atoms with Gasteiger partial charge in [0, 0.05) is 0 Å². The number of carbonyl (C=O) groups excluding carboxylic acids is 2. The molecular formula is C7H14N2O3. The number of nitrogens with one attached hydrogen (secondary N) is 1. The number of carbonyl (C=O) groups is 2. The molecule has 0 fully saturated rings. The maximum atomic E-state index is 10.8. The van der Waals surface area contributed by atoms with Crippen LogP contribution in [0.25, 0.3) is 0 Å². The van der Waals surface area contributed by atoms with Gasteiger partial charge in [-0.3, -0.25) is 4.79 Å². The van der Waals surface area contributed by atoms with Crippen molar-refractivity contribution in [3.05, 3.63) is 0 Å². The van der Waals surface area contributed by atoms with Crippen molar-refractivity contribution >= 4 is 12.0 Å². The van der Waals surface area contributed by atoms with E-state index in [4.69, 9.17) is 5.73 Å². The quantitative estimate of drug-likeness (QED) is 0.631. The second kappa shape index (κ2) is 3.94. The zero-order chi connectivity index (χ0) is 9.78. The normalized spacial score (nSPS) is 10.6. The first-order valence-electron chi connectivity index (χ1n) is 3.65. The molecule has 0 aromatic carbocycles. The van der Waals surface area contributed by atoms with E-state index in [9.17, 15) is 9.59 Å². The summed E-state index contributed by atoms with van der Waals surface area (Å²) in [6.07, 6.45) is -0.638. The van der Waals surface area contributed by atoms with Crippen molar-refractivity contribution in [2.45, 2.75) is 26.3 Å². The lowest BCUT2D eigenvalue weighted by Crippen LogP contribution is -2.53. The first kappa shape index (κ1) is 10.7. The summed E-state index contributed by atoms with van der Waals surface area (Å²) >= 11 is 0. The molecule has 0 saturated carbocycles. The van der Waals surface area contributed by atoms with Crippen LogP contribution in [0.3, 0.4) is 0 Å². The van der Waals surface area contributed by atoms with E-state index in [0.717, 1.165) is 0 Å². The molecule has 0 aliphatic rings. The molecule has 0 aliphatic heterocycles. The van der Waals surface area contributed by atoms with Gasteiger partial charge in [-0.05, 0) is 20.8 Å². The monoisotopic (exact) mass is 174 g/mol. The highest BCUT2D eigenvalue weighted by Crippen LogP contribution is 2.00. The van der Waals surface area contributed by atoms with Gasteiger partial charge in [0.25, 0.3) is 0 Å². The van der Waals surface area contributed by atoms with E-state index >= 15 is 0 Å². The number of primary amides is 1. The topological polar surface area (TPSA) is 81.4 Å². The average molecular weight is 174 g/mol. The van der Waals surface area contributed by atoms with E-state index in [2.05, 4.69) is 10.1 Å². The highest BCUT2D eigenvalue weighted by molar-refractivity contribution is 5.87. The van der Waals surface area contributed by atoms with Crippen LogP contribution in [-0.4, -0.2) is 24.1 Å². The molecule has 70 valence electrons. The Hall–Kier alpha value is -1.26. The van der Waals surface area contributed by atoms with Gasteiger partial charge in [-0.25, -0.2) is 4.79 Å². The van der Waals surface area contributed by atoms with E-state index < -0.39 is 17.5 Å². The number of rotatable bonds is 3. The minimum absolute atomic E-state index is 0.265. The van der Waals surface area contributed by atoms with Crippen LogP contribution in [-0.2, 0) is 9.53 Å². The van der Waals surface area contributed by atoms with Gasteiger partial charge >= 0.3 is 6.09 Å². The van der Waals surface area contributed by atoms with Gasteiger partial charge in [0.05, 0.1) is 6.61 Å². The number of ether oxygens (including phenoxy) is 1. The summed E-state index contributed by atoms with van der Waals surface area (Å²) in [6.45, 7) is 4.95. The Kier molecular flexibility index (Phi) is 3.53. The molecule has 0 bridgehead atoms. The molecule has 0 unspecified atom stereocenters. The highest BCUT2D eigenvalue weighted by atomic mass is 16.5. The van der Waals surface area contributed by atoms with Crippen LogP contribution < -0.4 is 11.1 Å². The van der Waals surface area contributed by atoms with Crippen molar-refractivity contribution in [2.24, 2.45) is 5.73 Å². The third-order valence-corrected chi connectivity index (χ3v) is 1.31. The molecule has 0 spiro atoms. The Morgan fingerprint density at radius 3 is 2.33 bits per heavy atom. The first-order valence-corrected chi connectivity index (χ1v) is 3.65. The number of alkyl carbamates (subject to hydrolysis) is 1. The maximum Gasteiger partial charge on any atom is 0.407 e. The van der Waals surface area contributed by atoms with E-state index in [1.54, 1.807) is 6.92 Å². The van der Waals surface area contributed by atoms with Crippen LogP contribution >= 0.6 is 0 Å². The van der Waals surface area contributed by atoms with Crippen LogP contribution in [0.1, 0.15) is 20.8 Å². The molecule has 0 saturated heterocycles. The summed E-state index contributed by atoms with van der Waals surface area (Å²) in [5, 5.41) is 2.32. The average Bonchev–Trinajstić information content (AvgIpc) is 1.85. The van der Waals surface area contributed by atoms with Gasteiger partial charge in [0.2, 0.25) is 5.91 Å². The van der Waals surface area contributed by atoms with E-state index in [0.29, 0.717) is 0 Å². The largest absolute Gasteiger partial charge is 0.450 e. The lowest BCUT2D eigenvalue weighted by Gasteiger charge is -2.21. The second-order valence-corrected chi connectivity index (χ2v) is 2.83. The first-order chi connectivity index (χ1) is 5.40.